The summed E-state index contributed by atoms with van der Waals surface area (Å²) in [7, 11) is 0. The molecule has 1 aliphatic heterocycles. The summed E-state index contributed by atoms with van der Waals surface area (Å²) in [5.74, 6) is -0.309. The maximum absolute atomic E-state index is 14.4. The van der Waals surface area contributed by atoms with E-state index in [1.807, 2.05) is 79.7 Å². The fourth-order valence-electron chi connectivity index (χ4n) is 5.36. The van der Waals surface area contributed by atoms with Gasteiger partial charge in [-0.05, 0) is 88.5 Å². The van der Waals surface area contributed by atoms with Gasteiger partial charge in [-0.1, -0.05) is 92.7 Å². The van der Waals surface area contributed by atoms with Crippen LogP contribution in [0.3, 0.4) is 0 Å². The van der Waals surface area contributed by atoms with Crippen LogP contribution in [0.25, 0.3) is 0 Å². The number of unbranched alkanes of at least 4 members (excludes halogenated alkanes) is 2. The van der Waals surface area contributed by atoms with Gasteiger partial charge in [-0.2, -0.15) is 9.59 Å². The number of benzene rings is 3. The second kappa shape index (κ2) is 18.3. The summed E-state index contributed by atoms with van der Waals surface area (Å²) in [5, 5.41) is 4.34. The van der Waals surface area contributed by atoms with E-state index in [1.54, 1.807) is 4.90 Å². The minimum Gasteiger partial charge on any atom is -0.358 e. The molecule has 0 unspecified atom stereocenters. The van der Waals surface area contributed by atoms with Crippen molar-refractivity contribution < 1.29 is 23.9 Å². The van der Waals surface area contributed by atoms with E-state index in [0.717, 1.165) is 45.9 Å². The summed E-state index contributed by atoms with van der Waals surface area (Å²) < 4.78 is 7.83. The van der Waals surface area contributed by atoms with Crippen LogP contribution < -0.4 is 5.32 Å². The van der Waals surface area contributed by atoms with Gasteiger partial charge in [0.25, 0.3) is 5.91 Å². The number of carbonyl (C=O) groups excluding carboxylic acids is 4. The summed E-state index contributed by atoms with van der Waals surface area (Å²) >= 11 is 14.8. The number of halogens is 3. The van der Waals surface area contributed by atoms with Gasteiger partial charge < -0.3 is 15.0 Å². The Hall–Kier alpha value is -2.75. The fourth-order valence-corrected chi connectivity index (χ4v) is 5.97. The summed E-state index contributed by atoms with van der Waals surface area (Å²) in [6.07, 6.45) is 3.68. The van der Waals surface area contributed by atoms with E-state index in [1.165, 1.54) is 0 Å². The molecule has 0 aromatic heterocycles. The van der Waals surface area contributed by atoms with E-state index >= 15 is 0 Å². The standard InChI is InChI=1S/C33H37Cl2IN2O3.CO2/c1-3-5-6-20-37-32(39)28(7-4-2)38-30(23-10-14-25(34)15-11-23)31(24-12-16-26(35)17-13-24)41-29(33(38)40)21-22-8-18-27(36)19-9-22;2-1-3/h8-19,28-31H,3-7,20-21H2,1-2H3,(H,37,39);/t28-,29+,30-,31+;/m1./s1. The van der Waals surface area contributed by atoms with Crippen LogP contribution in [0.4, 0.5) is 0 Å². The Kier molecular flexibility index (Phi) is 14.8. The Morgan fingerprint density at radius 1 is 0.909 bits per heavy atom. The van der Waals surface area contributed by atoms with Crippen molar-refractivity contribution >= 4 is 63.8 Å². The number of rotatable bonds is 12. The molecule has 4 rings (SSSR count). The third-order valence-electron chi connectivity index (χ3n) is 7.45. The molecule has 1 aliphatic rings. The van der Waals surface area contributed by atoms with Gasteiger partial charge in [0.1, 0.15) is 18.2 Å². The normalized spacial score (nSPS) is 18.5. The van der Waals surface area contributed by atoms with E-state index in [9.17, 15) is 9.59 Å². The van der Waals surface area contributed by atoms with Gasteiger partial charge in [0.05, 0.1) is 6.04 Å². The molecular weight excluding hydrogens is 714 g/mol. The van der Waals surface area contributed by atoms with E-state index in [-0.39, 0.29) is 18.0 Å². The van der Waals surface area contributed by atoms with Crippen molar-refractivity contribution in [3.63, 3.8) is 0 Å². The zero-order valence-corrected chi connectivity index (χ0v) is 28.5. The average Bonchev–Trinajstić information content (AvgIpc) is 3.01. The van der Waals surface area contributed by atoms with Crippen molar-refractivity contribution in [2.24, 2.45) is 0 Å². The molecule has 1 saturated heterocycles. The van der Waals surface area contributed by atoms with Crippen molar-refractivity contribution in [3.05, 3.63) is 103 Å². The second-order valence-corrected chi connectivity index (χ2v) is 12.7. The first-order valence-corrected chi connectivity index (χ1v) is 16.6. The topological polar surface area (TPSA) is 92.8 Å². The molecule has 1 heterocycles. The van der Waals surface area contributed by atoms with Gasteiger partial charge >= 0.3 is 6.15 Å². The number of nitrogens with zero attached hydrogens (tertiary/aromatic N) is 1. The summed E-state index contributed by atoms with van der Waals surface area (Å²) in [6.45, 7) is 4.76. The van der Waals surface area contributed by atoms with E-state index < -0.39 is 24.3 Å². The Morgan fingerprint density at radius 2 is 1.48 bits per heavy atom. The van der Waals surface area contributed by atoms with Gasteiger partial charge in [0.15, 0.2) is 0 Å². The minimum atomic E-state index is -0.758. The SMILES string of the molecule is CCCCCNC(=O)[C@@H](CCC)N1C(=O)[C@H](Cc2ccc(I)cc2)O[C@@H](c2ccc(Cl)cc2)[C@H]1c1ccc(Cl)cc1.O=C=O. The fraction of sp³-hybridized carbons (Fsp3) is 0.382. The lowest BCUT2D eigenvalue weighted by atomic mass is 9.88. The highest BCUT2D eigenvalue weighted by atomic mass is 127. The first kappa shape index (κ1) is 35.7. The molecule has 1 fully saturated rings. The molecule has 3 aromatic rings. The number of hydrogen-bond acceptors (Lipinski definition) is 5. The maximum Gasteiger partial charge on any atom is 0.373 e. The molecule has 0 spiro atoms. The predicted molar refractivity (Wildman–Crippen MR) is 179 cm³/mol. The first-order valence-electron chi connectivity index (χ1n) is 14.7. The summed E-state index contributed by atoms with van der Waals surface area (Å²) in [6, 6.07) is 21.9. The molecule has 0 bridgehead atoms. The van der Waals surface area contributed by atoms with E-state index in [4.69, 9.17) is 37.5 Å². The van der Waals surface area contributed by atoms with E-state index in [0.29, 0.717) is 29.4 Å². The highest BCUT2D eigenvalue weighted by Gasteiger charge is 2.48. The van der Waals surface area contributed by atoms with Gasteiger partial charge in [-0.25, -0.2) is 0 Å². The monoisotopic (exact) mass is 750 g/mol. The molecule has 4 atom stereocenters. The van der Waals surface area contributed by atoms with Gasteiger partial charge in [-0.15, -0.1) is 0 Å². The highest BCUT2D eigenvalue weighted by Crippen LogP contribution is 2.44. The number of hydrogen-bond donors (Lipinski definition) is 1. The Labute approximate surface area is 282 Å². The maximum atomic E-state index is 14.4. The summed E-state index contributed by atoms with van der Waals surface area (Å²) in [5.41, 5.74) is 2.74. The lowest BCUT2D eigenvalue weighted by molar-refractivity contribution is -0.191. The minimum absolute atomic E-state index is 0.125. The van der Waals surface area contributed by atoms with Crippen LogP contribution >= 0.6 is 45.8 Å². The van der Waals surface area contributed by atoms with Gasteiger partial charge in [-0.3, -0.25) is 9.59 Å². The number of nitrogens with one attached hydrogen (secondary N) is 1. The Morgan fingerprint density at radius 3 is 2.02 bits per heavy atom. The number of carbonyl (C=O) groups is 2. The van der Waals surface area contributed by atoms with Crippen LogP contribution in [0.1, 0.15) is 74.8 Å². The van der Waals surface area contributed by atoms with Crippen molar-refractivity contribution in [2.45, 2.75) is 76.7 Å². The zero-order chi connectivity index (χ0) is 32.1. The summed E-state index contributed by atoms with van der Waals surface area (Å²) in [4.78, 5) is 46.3. The van der Waals surface area contributed by atoms with Gasteiger partial charge in [0.2, 0.25) is 5.91 Å². The van der Waals surface area contributed by atoms with E-state index in [2.05, 4.69) is 34.8 Å². The Bertz CT molecular complexity index is 1380. The third kappa shape index (κ3) is 9.88. The molecule has 234 valence electrons. The molecule has 10 heteroatoms. The molecule has 0 saturated carbocycles. The van der Waals surface area contributed by atoms with Crippen molar-refractivity contribution in [1.82, 2.24) is 10.2 Å². The molecule has 7 nitrogen and oxygen atoms in total. The molecule has 2 amide bonds. The predicted octanol–water partition coefficient (Wildman–Crippen LogP) is 7.74. The lowest BCUT2D eigenvalue weighted by Crippen LogP contribution is -2.59. The smallest absolute Gasteiger partial charge is 0.358 e. The van der Waals surface area contributed by atoms with Crippen LogP contribution in [0.15, 0.2) is 72.8 Å². The van der Waals surface area contributed by atoms with Crippen LogP contribution in [0.2, 0.25) is 10.0 Å². The van der Waals surface area contributed by atoms with Crippen molar-refractivity contribution in [2.75, 3.05) is 6.54 Å². The zero-order valence-electron chi connectivity index (χ0n) is 24.8. The third-order valence-corrected chi connectivity index (χ3v) is 8.67. The quantitative estimate of drug-likeness (QED) is 0.151. The number of morpholine rings is 1. The molecule has 3 aromatic carbocycles. The van der Waals surface area contributed by atoms with Crippen molar-refractivity contribution in [3.8, 4) is 0 Å². The molecule has 1 N–H and O–H groups in total. The molecule has 44 heavy (non-hydrogen) atoms. The lowest BCUT2D eigenvalue weighted by Gasteiger charge is -2.47. The molecule has 0 aliphatic carbocycles. The first-order chi connectivity index (χ1) is 21.2. The van der Waals surface area contributed by atoms with Crippen LogP contribution in [0.5, 0.6) is 0 Å². The van der Waals surface area contributed by atoms with Gasteiger partial charge in [0, 0.05) is 26.6 Å². The molecular formula is C34H37Cl2IN2O5. The van der Waals surface area contributed by atoms with Crippen LogP contribution in [0, 0.1) is 3.57 Å². The average molecular weight is 751 g/mol. The van der Waals surface area contributed by atoms with Crippen LogP contribution in [-0.2, 0) is 30.3 Å². The largest absolute Gasteiger partial charge is 0.373 e. The Balaban J connectivity index is 0.00000169. The number of amides is 2. The second-order valence-electron chi connectivity index (χ2n) is 10.6. The number of ether oxygens (including phenoxy) is 1. The van der Waals surface area contributed by atoms with Crippen molar-refractivity contribution in [1.29, 1.82) is 0 Å². The highest BCUT2D eigenvalue weighted by molar-refractivity contribution is 14.1. The van der Waals surface area contributed by atoms with Crippen LogP contribution in [-0.4, -0.2) is 41.6 Å². The molecule has 0 radical (unpaired) electrons.